The van der Waals surface area contributed by atoms with Gasteiger partial charge in [0.1, 0.15) is 5.82 Å². The predicted molar refractivity (Wildman–Crippen MR) is 60.8 cm³/mol. The Bertz CT molecular complexity index is 539. The molecule has 0 amide bonds. The number of aromatic nitrogens is 3. The van der Waals surface area contributed by atoms with E-state index in [1.807, 2.05) is 18.2 Å². The average molecular weight is 217 g/mol. The summed E-state index contributed by atoms with van der Waals surface area (Å²) in [5.74, 6) is 0.918. The fraction of sp³-hybridized carbons (Fsp3) is 0.273. The molecule has 2 heterocycles. The molecule has 3 rings (SSSR count). The van der Waals surface area contributed by atoms with E-state index in [2.05, 4.69) is 14.5 Å². The number of nitrogens with zero attached hydrogens (tertiary/aromatic N) is 2. The monoisotopic (exact) mass is 217 g/mol. The van der Waals surface area contributed by atoms with Crippen LogP contribution in [0.5, 0.6) is 0 Å². The maximum Gasteiger partial charge on any atom is 0.183 e. The van der Waals surface area contributed by atoms with E-state index in [4.69, 9.17) is 12.2 Å². The number of pyridine rings is 1. The number of rotatable bonds is 1. The number of imidazole rings is 1. The van der Waals surface area contributed by atoms with Crippen molar-refractivity contribution in [1.29, 1.82) is 0 Å². The van der Waals surface area contributed by atoms with Gasteiger partial charge in [-0.15, -0.1) is 0 Å². The van der Waals surface area contributed by atoms with Gasteiger partial charge in [-0.3, -0.25) is 4.57 Å². The van der Waals surface area contributed by atoms with Crippen LogP contribution in [0.1, 0.15) is 17.8 Å². The van der Waals surface area contributed by atoms with Crippen LogP contribution in [-0.4, -0.2) is 14.5 Å². The van der Waals surface area contributed by atoms with Crippen molar-refractivity contribution in [3.05, 3.63) is 40.6 Å². The molecule has 15 heavy (non-hydrogen) atoms. The second-order valence-electron chi connectivity index (χ2n) is 3.73. The SMILES string of the molecule is S=c1[nH]c2c(n1-c1ccccn1)CCC2. The van der Waals surface area contributed by atoms with E-state index in [0.717, 1.165) is 23.4 Å². The Morgan fingerprint density at radius 3 is 3.07 bits per heavy atom. The van der Waals surface area contributed by atoms with E-state index < -0.39 is 0 Å². The molecule has 2 aromatic rings. The maximum atomic E-state index is 5.31. The third-order valence-corrected chi connectivity index (χ3v) is 3.08. The van der Waals surface area contributed by atoms with Crippen molar-refractivity contribution in [3.8, 4) is 5.82 Å². The van der Waals surface area contributed by atoms with E-state index >= 15 is 0 Å². The van der Waals surface area contributed by atoms with Crippen molar-refractivity contribution in [3.63, 3.8) is 0 Å². The van der Waals surface area contributed by atoms with Crippen LogP contribution in [0, 0.1) is 4.77 Å². The lowest BCUT2D eigenvalue weighted by atomic mass is 10.3. The molecule has 0 aliphatic heterocycles. The minimum Gasteiger partial charge on any atom is -0.334 e. The molecule has 0 unspecified atom stereocenters. The molecule has 1 N–H and O–H groups in total. The van der Waals surface area contributed by atoms with Crippen LogP contribution >= 0.6 is 12.2 Å². The van der Waals surface area contributed by atoms with Gasteiger partial charge in [0.15, 0.2) is 4.77 Å². The minimum atomic E-state index is 0.762. The Labute approximate surface area is 92.8 Å². The summed E-state index contributed by atoms with van der Waals surface area (Å²) in [5.41, 5.74) is 2.59. The van der Waals surface area contributed by atoms with Crippen molar-refractivity contribution >= 4 is 12.2 Å². The molecule has 4 heteroatoms. The van der Waals surface area contributed by atoms with E-state index in [0.29, 0.717) is 0 Å². The van der Waals surface area contributed by atoms with Gasteiger partial charge in [0, 0.05) is 17.6 Å². The van der Waals surface area contributed by atoms with E-state index in [1.165, 1.54) is 17.8 Å². The summed E-state index contributed by atoms with van der Waals surface area (Å²) in [6.07, 6.45) is 5.22. The molecule has 0 radical (unpaired) electrons. The van der Waals surface area contributed by atoms with Crippen LogP contribution in [0.4, 0.5) is 0 Å². The van der Waals surface area contributed by atoms with Gasteiger partial charge in [-0.05, 0) is 43.6 Å². The van der Waals surface area contributed by atoms with Gasteiger partial charge in [-0.25, -0.2) is 4.98 Å². The number of nitrogens with one attached hydrogen (secondary N) is 1. The first-order valence-corrected chi connectivity index (χ1v) is 5.51. The molecule has 0 saturated carbocycles. The average Bonchev–Trinajstić information content (AvgIpc) is 2.78. The van der Waals surface area contributed by atoms with Gasteiger partial charge in [-0.1, -0.05) is 6.07 Å². The lowest BCUT2D eigenvalue weighted by Crippen LogP contribution is -2.00. The Hall–Kier alpha value is -1.42. The van der Waals surface area contributed by atoms with Gasteiger partial charge in [0.05, 0.1) is 0 Å². The minimum absolute atomic E-state index is 0.762. The first-order chi connectivity index (χ1) is 7.36. The van der Waals surface area contributed by atoms with E-state index in [9.17, 15) is 0 Å². The summed E-state index contributed by atoms with van der Waals surface area (Å²) >= 11 is 5.31. The molecule has 0 aromatic carbocycles. The maximum absolute atomic E-state index is 5.31. The summed E-state index contributed by atoms with van der Waals surface area (Å²) in [5, 5.41) is 0. The molecular weight excluding hydrogens is 206 g/mol. The van der Waals surface area contributed by atoms with Crippen LogP contribution < -0.4 is 0 Å². The van der Waals surface area contributed by atoms with Crippen LogP contribution in [0.2, 0.25) is 0 Å². The van der Waals surface area contributed by atoms with Crippen molar-refractivity contribution in [2.45, 2.75) is 19.3 Å². The van der Waals surface area contributed by atoms with Crippen LogP contribution in [0.15, 0.2) is 24.4 Å². The Balaban J connectivity index is 2.25. The number of hydrogen-bond donors (Lipinski definition) is 1. The first-order valence-electron chi connectivity index (χ1n) is 5.10. The number of fused-ring (bicyclic) bond motifs is 1. The molecule has 0 atom stereocenters. The van der Waals surface area contributed by atoms with Gasteiger partial charge >= 0.3 is 0 Å². The smallest absolute Gasteiger partial charge is 0.183 e. The Morgan fingerprint density at radius 1 is 1.33 bits per heavy atom. The number of H-pyrrole nitrogens is 1. The summed E-state index contributed by atoms with van der Waals surface area (Å²) in [4.78, 5) is 7.60. The summed E-state index contributed by atoms with van der Waals surface area (Å²) in [7, 11) is 0. The van der Waals surface area contributed by atoms with Gasteiger partial charge in [0.25, 0.3) is 0 Å². The zero-order chi connectivity index (χ0) is 10.3. The predicted octanol–water partition coefficient (Wildman–Crippen LogP) is 2.42. The second-order valence-corrected chi connectivity index (χ2v) is 4.12. The Kier molecular flexibility index (Phi) is 1.95. The zero-order valence-corrected chi connectivity index (χ0v) is 9.05. The topological polar surface area (TPSA) is 33.6 Å². The highest BCUT2D eigenvalue weighted by Crippen LogP contribution is 2.23. The summed E-state index contributed by atoms with van der Waals surface area (Å²) < 4.78 is 2.82. The summed E-state index contributed by atoms with van der Waals surface area (Å²) in [6, 6.07) is 5.89. The Morgan fingerprint density at radius 2 is 2.27 bits per heavy atom. The third-order valence-electron chi connectivity index (χ3n) is 2.80. The number of aromatic amines is 1. The first kappa shape index (κ1) is 8.85. The lowest BCUT2D eigenvalue weighted by Gasteiger charge is -2.04. The lowest BCUT2D eigenvalue weighted by molar-refractivity contribution is 0.827. The standard InChI is InChI=1S/C11H11N3S/c15-11-13-8-4-3-5-9(8)14(11)10-6-1-2-7-12-10/h1-2,6-7H,3-5H2,(H,13,15). The van der Waals surface area contributed by atoms with Crippen LogP contribution in [0.3, 0.4) is 0 Å². The molecular formula is C11H11N3S. The van der Waals surface area contributed by atoms with Gasteiger partial charge in [-0.2, -0.15) is 0 Å². The van der Waals surface area contributed by atoms with Crippen molar-refractivity contribution < 1.29 is 0 Å². The van der Waals surface area contributed by atoms with E-state index in [1.54, 1.807) is 6.20 Å². The fourth-order valence-corrected chi connectivity index (χ4v) is 2.47. The van der Waals surface area contributed by atoms with Gasteiger partial charge in [0.2, 0.25) is 0 Å². The molecule has 0 bridgehead atoms. The fourth-order valence-electron chi connectivity index (χ4n) is 2.15. The molecule has 1 aliphatic rings. The third kappa shape index (κ3) is 1.33. The zero-order valence-electron chi connectivity index (χ0n) is 8.23. The normalized spacial score (nSPS) is 14.1. The second kappa shape index (κ2) is 3.31. The van der Waals surface area contributed by atoms with Crippen LogP contribution in [-0.2, 0) is 12.8 Å². The van der Waals surface area contributed by atoms with E-state index in [-0.39, 0.29) is 0 Å². The van der Waals surface area contributed by atoms with Crippen molar-refractivity contribution in [2.24, 2.45) is 0 Å². The highest BCUT2D eigenvalue weighted by molar-refractivity contribution is 7.71. The molecule has 1 aliphatic carbocycles. The van der Waals surface area contributed by atoms with Crippen molar-refractivity contribution in [1.82, 2.24) is 14.5 Å². The number of hydrogen-bond acceptors (Lipinski definition) is 2. The van der Waals surface area contributed by atoms with Crippen molar-refractivity contribution in [2.75, 3.05) is 0 Å². The molecule has 0 fully saturated rings. The largest absolute Gasteiger partial charge is 0.334 e. The highest BCUT2D eigenvalue weighted by Gasteiger charge is 2.18. The quantitative estimate of drug-likeness (QED) is 0.744. The molecule has 76 valence electrons. The molecule has 3 nitrogen and oxygen atoms in total. The number of aryl methyl sites for hydroxylation is 1. The van der Waals surface area contributed by atoms with Crippen LogP contribution in [0.25, 0.3) is 5.82 Å². The molecule has 2 aromatic heterocycles. The van der Waals surface area contributed by atoms with Gasteiger partial charge < -0.3 is 4.98 Å². The molecule has 0 saturated heterocycles. The molecule has 0 spiro atoms. The highest BCUT2D eigenvalue weighted by atomic mass is 32.1. The summed E-state index contributed by atoms with van der Waals surface area (Å²) in [6.45, 7) is 0.